The molecular weight excluding hydrogens is 396 g/mol. The number of nitrogens with zero attached hydrogens (tertiary/aromatic N) is 4. The van der Waals surface area contributed by atoms with Crippen LogP contribution in [-0.2, 0) is 0 Å². The van der Waals surface area contributed by atoms with Gasteiger partial charge in [-0.15, -0.1) is 0 Å². The number of aliphatic imine (C=N–C) groups is 2. The van der Waals surface area contributed by atoms with E-state index in [2.05, 4.69) is 22.3 Å². The lowest BCUT2D eigenvalue weighted by Gasteiger charge is -2.41. The van der Waals surface area contributed by atoms with Crippen molar-refractivity contribution in [3.63, 3.8) is 0 Å². The fourth-order valence-corrected chi connectivity index (χ4v) is 4.09. The Hall–Kier alpha value is -2.80. The van der Waals surface area contributed by atoms with Gasteiger partial charge in [0.1, 0.15) is 24.1 Å². The third-order valence-electron chi connectivity index (χ3n) is 5.70. The van der Waals surface area contributed by atoms with Gasteiger partial charge in [0, 0.05) is 19.6 Å². The number of halogens is 2. The highest BCUT2D eigenvalue weighted by atomic mass is 19.1. The zero-order valence-electron chi connectivity index (χ0n) is 17.9. The minimum absolute atomic E-state index is 0.267. The molecule has 1 N–H and O–H groups in total. The van der Waals surface area contributed by atoms with Gasteiger partial charge in [0.2, 0.25) is 5.96 Å². The highest BCUT2D eigenvalue weighted by molar-refractivity contribution is 6.05. The molecule has 31 heavy (non-hydrogen) atoms. The van der Waals surface area contributed by atoms with Crippen molar-refractivity contribution in [1.82, 2.24) is 15.3 Å². The molecule has 1 saturated heterocycles. The Morgan fingerprint density at radius 2 is 1.52 bits per heavy atom. The Morgan fingerprint density at radius 3 is 2.06 bits per heavy atom. The minimum atomic E-state index is -0.290. The van der Waals surface area contributed by atoms with Gasteiger partial charge in [0.15, 0.2) is 0 Å². The van der Waals surface area contributed by atoms with Crippen molar-refractivity contribution in [2.75, 3.05) is 26.3 Å². The third kappa shape index (κ3) is 5.10. The van der Waals surface area contributed by atoms with E-state index in [1.165, 1.54) is 43.5 Å². The van der Waals surface area contributed by atoms with Crippen molar-refractivity contribution < 1.29 is 8.78 Å². The maximum Gasteiger partial charge on any atom is 0.216 e. The molecule has 7 heteroatoms. The standard InChI is InChI=1S/C24H29F2N5/c1-2-14-27-24-29-23(28-17-31(24)30-15-4-3-5-16-30)22(18-6-10-20(25)11-7-18)19-8-12-21(26)13-9-19/h6-13,22H,2-5,14-17H2,1H3,(H,27,28,29). The molecule has 4 rings (SSSR count). The van der Waals surface area contributed by atoms with Gasteiger partial charge in [0.05, 0.1) is 5.92 Å². The first-order valence-electron chi connectivity index (χ1n) is 11.0. The van der Waals surface area contributed by atoms with Gasteiger partial charge in [-0.2, -0.15) is 0 Å². The van der Waals surface area contributed by atoms with E-state index < -0.39 is 0 Å². The molecule has 0 radical (unpaired) electrons. The molecule has 2 aromatic carbocycles. The summed E-state index contributed by atoms with van der Waals surface area (Å²) in [7, 11) is 0. The highest BCUT2D eigenvalue weighted by Crippen LogP contribution is 2.28. The van der Waals surface area contributed by atoms with Crippen LogP contribution in [0.3, 0.4) is 0 Å². The zero-order valence-corrected chi connectivity index (χ0v) is 17.9. The summed E-state index contributed by atoms with van der Waals surface area (Å²) in [6.45, 7) is 5.29. The van der Waals surface area contributed by atoms with E-state index >= 15 is 0 Å². The molecule has 164 valence electrons. The van der Waals surface area contributed by atoms with Crippen LogP contribution in [0.4, 0.5) is 8.78 Å². The molecule has 5 nitrogen and oxygen atoms in total. The average molecular weight is 426 g/mol. The van der Waals surface area contributed by atoms with E-state index in [9.17, 15) is 8.78 Å². The Balaban J connectivity index is 1.69. The number of piperidine rings is 1. The fourth-order valence-electron chi connectivity index (χ4n) is 4.09. The van der Waals surface area contributed by atoms with Crippen LogP contribution in [0.25, 0.3) is 0 Å². The molecule has 0 bridgehead atoms. The van der Waals surface area contributed by atoms with Crippen LogP contribution >= 0.6 is 0 Å². The summed E-state index contributed by atoms with van der Waals surface area (Å²) in [5, 5.41) is 7.90. The average Bonchev–Trinajstić information content (AvgIpc) is 2.81. The quantitative estimate of drug-likeness (QED) is 0.740. The number of nitrogens with one attached hydrogen (secondary N) is 1. The summed E-state index contributed by atoms with van der Waals surface area (Å²) in [6, 6.07) is 12.8. The lowest BCUT2D eigenvalue weighted by atomic mass is 9.90. The summed E-state index contributed by atoms with van der Waals surface area (Å²) in [6.07, 6.45) is 4.54. The highest BCUT2D eigenvalue weighted by Gasteiger charge is 2.30. The summed E-state index contributed by atoms with van der Waals surface area (Å²) in [5.74, 6) is 0.684. The first-order chi connectivity index (χ1) is 15.2. The molecule has 0 saturated carbocycles. The van der Waals surface area contributed by atoms with Gasteiger partial charge in [-0.3, -0.25) is 10.0 Å². The number of benzene rings is 2. The van der Waals surface area contributed by atoms with E-state index in [1.807, 2.05) is 0 Å². The van der Waals surface area contributed by atoms with E-state index in [4.69, 9.17) is 9.98 Å². The van der Waals surface area contributed by atoms with E-state index in [-0.39, 0.29) is 17.6 Å². The summed E-state index contributed by atoms with van der Waals surface area (Å²) < 4.78 is 27.2. The van der Waals surface area contributed by atoms with Crippen molar-refractivity contribution in [2.24, 2.45) is 9.98 Å². The second kappa shape index (κ2) is 10.0. The van der Waals surface area contributed by atoms with Crippen LogP contribution in [-0.4, -0.2) is 48.1 Å². The monoisotopic (exact) mass is 425 g/mol. The molecule has 0 atom stereocenters. The van der Waals surface area contributed by atoms with Gasteiger partial charge in [-0.1, -0.05) is 37.6 Å². The van der Waals surface area contributed by atoms with Crippen LogP contribution < -0.4 is 5.32 Å². The van der Waals surface area contributed by atoms with Crippen LogP contribution in [0.5, 0.6) is 0 Å². The molecule has 2 aliphatic rings. The smallest absolute Gasteiger partial charge is 0.216 e. The molecule has 2 aliphatic heterocycles. The summed E-state index contributed by atoms with van der Waals surface area (Å²) in [4.78, 5) is 9.66. The molecule has 0 aromatic heterocycles. The van der Waals surface area contributed by atoms with Crippen LogP contribution in [0.2, 0.25) is 0 Å². The second-order valence-corrected chi connectivity index (χ2v) is 7.97. The Kier molecular flexibility index (Phi) is 6.92. The van der Waals surface area contributed by atoms with E-state index in [0.29, 0.717) is 6.67 Å². The molecule has 2 heterocycles. The van der Waals surface area contributed by atoms with Crippen LogP contribution in [0.1, 0.15) is 49.7 Å². The Morgan fingerprint density at radius 1 is 0.935 bits per heavy atom. The Labute approximate surface area is 182 Å². The molecule has 2 aromatic rings. The van der Waals surface area contributed by atoms with Crippen molar-refractivity contribution in [2.45, 2.75) is 38.5 Å². The van der Waals surface area contributed by atoms with E-state index in [1.54, 1.807) is 24.3 Å². The van der Waals surface area contributed by atoms with Gasteiger partial charge >= 0.3 is 0 Å². The molecule has 0 aliphatic carbocycles. The molecule has 1 fully saturated rings. The molecule has 0 amide bonds. The molecular formula is C24H29F2N5. The number of amidine groups is 1. The van der Waals surface area contributed by atoms with Crippen molar-refractivity contribution in [3.05, 3.63) is 71.3 Å². The zero-order chi connectivity index (χ0) is 21.6. The summed E-state index contributed by atoms with van der Waals surface area (Å²) >= 11 is 0. The largest absolute Gasteiger partial charge is 0.313 e. The fraction of sp³-hybridized carbons (Fsp3) is 0.417. The van der Waals surface area contributed by atoms with Gasteiger partial charge in [0.25, 0.3) is 0 Å². The maximum absolute atomic E-state index is 13.6. The van der Waals surface area contributed by atoms with Gasteiger partial charge < -0.3 is 5.32 Å². The number of guanidine groups is 1. The summed E-state index contributed by atoms with van der Waals surface area (Å²) in [5.41, 5.74) is 1.78. The second-order valence-electron chi connectivity index (χ2n) is 7.97. The first-order valence-corrected chi connectivity index (χ1v) is 11.0. The Bertz CT molecular complexity index is 872. The first kappa shape index (κ1) is 21.4. The predicted octanol–water partition coefficient (Wildman–Crippen LogP) is 4.52. The number of hydrogen-bond acceptors (Lipinski definition) is 3. The number of rotatable bonds is 6. The van der Waals surface area contributed by atoms with Gasteiger partial charge in [-0.25, -0.2) is 18.8 Å². The number of hydrogen-bond donors (Lipinski definition) is 1. The van der Waals surface area contributed by atoms with E-state index in [0.717, 1.165) is 49.0 Å². The van der Waals surface area contributed by atoms with Crippen molar-refractivity contribution in [1.29, 1.82) is 0 Å². The SMILES string of the molecule is CCCN=C1NC(C(c2ccc(F)cc2)c2ccc(F)cc2)=NCN1N1CCCCC1. The topological polar surface area (TPSA) is 43.2 Å². The van der Waals surface area contributed by atoms with Crippen molar-refractivity contribution >= 4 is 11.8 Å². The predicted molar refractivity (Wildman–Crippen MR) is 120 cm³/mol. The van der Waals surface area contributed by atoms with Crippen LogP contribution in [0.15, 0.2) is 58.5 Å². The molecule has 0 unspecified atom stereocenters. The minimum Gasteiger partial charge on any atom is -0.313 e. The lowest BCUT2D eigenvalue weighted by Crippen LogP contribution is -2.58. The lowest BCUT2D eigenvalue weighted by molar-refractivity contribution is 0.0229. The molecule has 0 spiro atoms. The van der Waals surface area contributed by atoms with Crippen molar-refractivity contribution in [3.8, 4) is 0 Å². The third-order valence-corrected chi connectivity index (χ3v) is 5.70. The number of hydrazine groups is 1. The normalized spacial score (nSPS) is 18.9. The van der Waals surface area contributed by atoms with Gasteiger partial charge in [-0.05, 0) is 54.7 Å². The van der Waals surface area contributed by atoms with Crippen LogP contribution in [0, 0.1) is 11.6 Å². The maximum atomic E-state index is 13.6.